The van der Waals surface area contributed by atoms with E-state index in [4.69, 9.17) is 9.47 Å². The van der Waals surface area contributed by atoms with Gasteiger partial charge in [0.25, 0.3) is 0 Å². The monoisotopic (exact) mass is 174 g/mol. The predicted octanol–water partition coefficient (Wildman–Crippen LogP) is 1.61. The third-order valence-electron chi connectivity index (χ3n) is 1.44. The third kappa shape index (κ3) is 3.72. The Bertz CT molecular complexity index is 141. The topological polar surface area (TPSA) is 35.5 Å². The molecule has 0 aliphatic rings. The van der Waals surface area contributed by atoms with Crippen molar-refractivity contribution in [1.29, 1.82) is 0 Å². The Hall–Kier alpha value is -0.570. The zero-order valence-corrected chi connectivity index (χ0v) is 8.46. The van der Waals surface area contributed by atoms with Crippen molar-refractivity contribution in [3.05, 3.63) is 0 Å². The largest absolute Gasteiger partial charge is 0.461 e. The molecule has 0 aliphatic heterocycles. The van der Waals surface area contributed by atoms with Gasteiger partial charge in [-0.3, -0.25) is 0 Å². The van der Waals surface area contributed by atoms with E-state index >= 15 is 0 Å². The summed E-state index contributed by atoms with van der Waals surface area (Å²) in [4.78, 5) is 11.3. The van der Waals surface area contributed by atoms with Gasteiger partial charge in [-0.15, -0.1) is 0 Å². The Kier molecular flexibility index (Phi) is 4.90. The molecule has 0 spiro atoms. The van der Waals surface area contributed by atoms with Gasteiger partial charge < -0.3 is 9.47 Å². The number of methoxy groups -OCH3 is 1. The van der Waals surface area contributed by atoms with Crippen LogP contribution < -0.4 is 0 Å². The number of esters is 1. The molecule has 0 saturated heterocycles. The minimum absolute atomic E-state index is 0.0751. The molecule has 3 nitrogen and oxygen atoms in total. The zero-order valence-electron chi connectivity index (χ0n) is 8.46. The van der Waals surface area contributed by atoms with Crippen LogP contribution >= 0.6 is 0 Å². The summed E-state index contributed by atoms with van der Waals surface area (Å²) in [5.41, 5.74) is 0. The van der Waals surface area contributed by atoms with Crippen molar-refractivity contribution < 1.29 is 14.3 Å². The molecule has 0 heterocycles. The van der Waals surface area contributed by atoms with Gasteiger partial charge >= 0.3 is 5.97 Å². The van der Waals surface area contributed by atoms with E-state index in [1.165, 1.54) is 7.11 Å². The van der Waals surface area contributed by atoms with Crippen LogP contribution in [0.1, 0.15) is 27.7 Å². The van der Waals surface area contributed by atoms with Crippen molar-refractivity contribution in [2.45, 2.75) is 39.9 Å². The standard InChI is InChI=1S/C9H18O3/c1-6(2)8(11-5)9(10)12-7(3)4/h6-8H,1-5H3. The molecule has 0 fully saturated rings. The van der Waals surface area contributed by atoms with Crippen molar-refractivity contribution in [2.75, 3.05) is 7.11 Å². The number of carbonyl (C=O) groups is 1. The maximum absolute atomic E-state index is 11.3. The summed E-state index contributed by atoms with van der Waals surface area (Å²) in [5, 5.41) is 0. The van der Waals surface area contributed by atoms with Crippen molar-refractivity contribution in [1.82, 2.24) is 0 Å². The van der Waals surface area contributed by atoms with Gasteiger partial charge in [-0.05, 0) is 19.8 Å². The van der Waals surface area contributed by atoms with Crippen LogP contribution in [-0.2, 0) is 14.3 Å². The molecular formula is C9H18O3. The lowest BCUT2D eigenvalue weighted by Crippen LogP contribution is -2.32. The second kappa shape index (κ2) is 5.14. The molecule has 3 heteroatoms. The summed E-state index contributed by atoms with van der Waals surface area (Å²) in [5.74, 6) is -0.122. The van der Waals surface area contributed by atoms with Gasteiger partial charge in [-0.2, -0.15) is 0 Å². The molecule has 0 aliphatic carbocycles. The number of carbonyl (C=O) groups excluding carboxylic acids is 1. The summed E-state index contributed by atoms with van der Waals surface area (Å²) >= 11 is 0. The molecule has 0 bridgehead atoms. The van der Waals surface area contributed by atoms with E-state index in [9.17, 15) is 4.79 Å². The third-order valence-corrected chi connectivity index (χ3v) is 1.44. The quantitative estimate of drug-likeness (QED) is 0.607. The zero-order chi connectivity index (χ0) is 9.72. The molecule has 0 saturated carbocycles. The Morgan fingerprint density at radius 2 is 1.67 bits per heavy atom. The van der Waals surface area contributed by atoms with Crippen molar-refractivity contribution >= 4 is 5.97 Å². The van der Waals surface area contributed by atoms with E-state index in [0.717, 1.165) is 0 Å². The molecule has 0 rings (SSSR count). The van der Waals surface area contributed by atoms with E-state index < -0.39 is 6.10 Å². The first-order valence-electron chi connectivity index (χ1n) is 4.22. The molecule has 72 valence electrons. The minimum Gasteiger partial charge on any atom is -0.461 e. The highest BCUT2D eigenvalue weighted by Crippen LogP contribution is 2.08. The van der Waals surface area contributed by atoms with Crippen LogP contribution in [0.5, 0.6) is 0 Å². The van der Waals surface area contributed by atoms with Crippen LogP contribution in [0.25, 0.3) is 0 Å². The molecule has 12 heavy (non-hydrogen) atoms. The van der Waals surface area contributed by atoms with Crippen LogP contribution in [0.3, 0.4) is 0 Å². The smallest absolute Gasteiger partial charge is 0.335 e. The molecule has 1 atom stereocenters. The molecule has 0 N–H and O–H groups in total. The molecule has 0 radical (unpaired) electrons. The van der Waals surface area contributed by atoms with Crippen molar-refractivity contribution in [3.63, 3.8) is 0 Å². The van der Waals surface area contributed by atoms with Gasteiger partial charge in [-0.1, -0.05) is 13.8 Å². The first-order valence-corrected chi connectivity index (χ1v) is 4.22. The number of rotatable bonds is 4. The Morgan fingerprint density at radius 1 is 1.17 bits per heavy atom. The fraction of sp³-hybridized carbons (Fsp3) is 0.889. The average Bonchev–Trinajstić information content (AvgIpc) is 1.85. The molecule has 0 aromatic rings. The van der Waals surface area contributed by atoms with Gasteiger partial charge in [0.05, 0.1) is 6.10 Å². The lowest BCUT2D eigenvalue weighted by molar-refractivity contribution is -0.161. The average molecular weight is 174 g/mol. The molecule has 0 aromatic carbocycles. The van der Waals surface area contributed by atoms with Gasteiger partial charge in [0.1, 0.15) is 0 Å². The van der Waals surface area contributed by atoms with Gasteiger partial charge in [0.15, 0.2) is 6.10 Å². The molecular weight excluding hydrogens is 156 g/mol. The van der Waals surface area contributed by atoms with E-state index in [1.807, 2.05) is 27.7 Å². The van der Waals surface area contributed by atoms with Crippen LogP contribution in [0.15, 0.2) is 0 Å². The van der Waals surface area contributed by atoms with Crippen molar-refractivity contribution in [2.24, 2.45) is 5.92 Å². The number of hydrogen-bond acceptors (Lipinski definition) is 3. The lowest BCUT2D eigenvalue weighted by atomic mass is 10.1. The minimum atomic E-state index is -0.438. The van der Waals surface area contributed by atoms with Crippen LogP contribution in [0, 0.1) is 5.92 Å². The number of ether oxygens (including phenoxy) is 2. The van der Waals surface area contributed by atoms with E-state index in [1.54, 1.807) is 0 Å². The van der Waals surface area contributed by atoms with Gasteiger partial charge in [0.2, 0.25) is 0 Å². The van der Waals surface area contributed by atoms with Crippen LogP contribution in [0.4, 0.5) is 0 Å². The Morgan fingerprint density at radius 3 is 1.92 bits per heavy atom. The number of hydrogen-bond donors (Lipinski definition) is 0. The summed E-state index contributed by atoms with van der Waals surface area (Å²) < 4.78 is 10.0. The second-order valence-electron chi connectivity index (χ2n) is 3.39. The van der Waals surface area contributed by atoms with Gasteiger partial charge in [-0.25, -0.2) is 4.79 Å². The Labute approximate surface area is 74.0 Å². The predicted molar refractivity (Wildman–Crippen MR) is 46.9 cm³/mol. The van der Waals surface area contributed by atoms with Crippen LogP contribution in [-0.4, -0.2) is 25.3 Å². The molecule has 0 aromatic heterocycles. The molecule has 1 unspecified atom stereocenters. The first kappa shape index (κ1) is 11.4. The SMILES string of the molecule is COC(C(=O)OC(C)C)C(C)C. The van der Waals surface area contributed by atoms with E-state index in [-0.39, 0.29) is 18.0 Å². The van der Waals surface area contributed by atoms with E-state index in [0.29, 0.717) is 0 Å². The molecule has 0 amide bonds. The summed E-state index contributed by atoms with van der Waals surface area (Å²) in [6, 6.07) is 0. The highest BCUT2D eigenvalue weighted by Gasteiger charge is 2.23. The fourth-order valence-electron chi connectivity index (χ4n) is 0.940. The maximum Gasteiger partial charge on any atom is 0.335 e. The summed E-state index contributed by atoms with van der Waals surface area (Å²) in [7, 11) is 1.52. The highest BCUT2D eigenvalue weighted by atomic mass is 16.6. The van der Waals surface area contributed by atoms with Crippen LogP contribution in [0.2, 0.25) is 0 Å². The lowest BCUT2D eigenvalue weighted by Gasteiger charge is -2.18. The second-order valence-corrected chi connectivity index (χ2v) is 3.39. The normalized spacial score (nSPS) is 13.6. The highest BCUT2D eigenvalue weighted by molar-refractivity contribution is 5.75. The fourth-order valence-corrected chi connectivity index (χ4v) is 0.940. The van der Waals surface area contributed by atoms with E-state index in [2.05, 4.69) is 0 Å². The summed E-state index contributed by atoms with van der Waals surface area (Å²) in [6.07, 6.45) is -0.513. The maximum atomic E-state index is 11.3. The van der Waals surface area contributed by atoms with Gasteiger partial charge in [0, 0.05) is 7.11 Å². The van der Waals surface area contributed by atoms with Crippen molar-refractivity contribution in [3.8, 4) is 0 Å². The summed E-state index contributed by atoms with van der Waals surface area (Å²) in [6.45, 7) is 7.50. The Balaban J connectivity index is 4.04. The first-order chi connectivity index (χ1) is 5.49.